The molecule has 0 saturated carbocycles. The Hall–Kier alpha value is -3.99. The molecular formula is C23H22FN5O4S. The van der Waals surface area contributed by atoms with Crippen LogP contribution in [0.15, 0.2) is 47.5 Å². The number of hydrogen-bond acceptors (Lipinski definition) is 8. The molecule has 0 radical (unpaired) electrons. The summed E-state index contributed by atoms with van der Waals surface area (Å²) in [5.74, 6) is -0.240. The van der Waals surface area contributed by atoms with E-state index >= 15 is 0 Å². The van der Waals surface area contributed by atoms with Gasteiger partial charge in [0.2, 0.25) is 11.8 Å². The lowest BCUT2D eigenvalue weighted by atomic mass is 10.0. The number of benzene rings is 2. The fourth-order valence-electron chi connectivity index (χ4n) is 3.56. The molecule has 0 bridgehead atoms. The smallest absolute Gasteiger partial charge is 0.264 e. The van der Waals surface area contributed by atoms with Gasteiger partial charge in [-0.15, -0.1) is 0 Å². The van der Waals surface area contributed by atoms with Gasteiger partial charge in [0.25, 0.3) is 10.0 Å². The first-order chi connectivity index (χ1) is 16.1. The number of pyridine rings is 1. The van der Waals surface area contributed by atoms with Gasteiger partial charge in [-0.3, -0.25) is 4.72 Å². The van der Waals surface area contributed by atoms with Crippen molar-refractivity contribution in [2.24, 2.45) is 0 Å². The normalized spacial score (nSPS) is 11.4. The lowest BCUT2D eigenvalue weighted by molar-refractivity contribution is 0.400. The number of rotatable bonds is 6. The Morgan fingerprint density at radius 3 is 2.44 bits per heavy atom. The zero-order valence-electron chi connectivity index (χ0n) is 18.9. The Balaban J connectivity index is 1.83. The van der Waals surface area contributed by atoms with E-state index in [9.17, 15) is 12.8 Å². The first-order valence-corrected chi connectivity index (χ1v) is 11.6. The molecule has 176 valence electrons. The summed E-state index contributed by atoms with van der Waals surface area (Å²) in [4.78, 5) is 12.2. The van der Waals surface area contributed by atoms with Crippen molar-refractivity contribution in [1.82, 2.24) is 15.0 Å². The average Bonchev–Trinajstić information content (AvgIpc) is 2.78. The van der Waals surface area contributed by atoms with E-state index < -0.39 is 20.7 Å². The fraction of sp³-hybridized carbons (Fsp3) is 0.174. The van der Waals surface area contributed by atoms with Gasteiger partial charge < -0.3 is 15.2 Å². The van der Waals surface area contributed by atoms with Gasteiger partial charge >= 0.3 is 0 Å². The van der Waals surface area contributed by atoms with E-state index in [0.29, 0.717) is 39.0 Å². The van der Waals surface area contributed by atoms with Crippen molar-refractivity contribution >= 4 is 32.6 Å². The summed E-state index contributed by atoms with van der Waals surface area (Å²) >= 11 is 0. The third-order valence-electron chi connectivity index (χ3n) is 5.19. The number of anilines is 2. The Kier molecular flexibility index (Phi) is 5.96. The maximum absolute atomic E-state index is 14.4. The van der Waals surface area contributed by atoms with E-state index in [-0.39, 0.29) is 17.5 Å². The van der Waals surface area contributed by atoms with Gasteiger partial charge in [-0.05, 0) is 55.3 Å². The van der Waals surface area contributed by atoms with Gasteiger partial charge in [-0.1, -0.05) is 6.07 Å². The standard InChI is InChI=1S/C23H22FN5O4S/c1-12-5-6-20(17(24)7-12)34(30,31)29-18-9-15(11-26-22(18)33-4)14-8-16-13(2)27-23(25)28-21(16)19(10-14)32-3/h5-11,29H,1-4H3,(H2,25,27,28). The molecule has 0 saturated heterocycles. The molecule has 0 aliphatic rings. The summed E-state index contributed by atoms with van der Waals surface area (Å²) < 4.78 is 53.3. The second kappa shape index (κ2) is 8.75. The number of halogens is 1. The minimum absolute atomic E-state index is 0.0277. The molecule has 2 aromatic heterocycles. The molecule has 11 heteroatoms. The van der Waals surface area contributed by atoms with E-state index in [2.05, 4.69) is 19.7 Å². The molecule has 4 rings (SSSR count). The third-order valence-corrected chi connectivity index (χ3v) is 6.59. The predicted molar refractivity (Wildman–Crippen MR) is 127 cm³/mol. The van der Waals surface area contributed by atoms with Gasteiger partial charge in [-0.2, -0.15) is 0 Å². The average molecular weight is 484 g/mol. The molecule has 2 aromatic carbocycles. The molecule has 0 amide bonds. The zero-order chi connectivity index (χ0) is 24.6. The van der Waals surface area contributed by atoms with Crippen molar-refractivity contribution in [2.75, 3.05) is 24.7 Å². The van der Waals surface area contributed by atoms with Crippen LogP contribution in [0.2, 0.25) is 0 Å². The lowest BCUT2D eigenvalue weighted by Gasteiger charge is -2.14. The molecule has 0 fully saturated rings. The molecule has 0 unspecified atom stereocenters. The van der Waals surface area contributed by atoms with Crippen molar-refractivity contribution in [2.45, 2.75) is 18.7 Å². The Morgan fingerprint density at radius 2 is 1.76 bits per heavy atom. The van der Waals surface area contributed by atoms with Crippen molar-refractivity contribution in [1.29, 1.82) is 0 Å². The monoisotopic (exact) mass is 483 g/mol. The van der Waals surface area contributed by atoms with E-state index in [4.69, 9.17) is 15.2 Å². The second-order valence-electron chi connectivity index (χ2n) is 7.56. The summed E-state index contributed by atoms with van der Waals surface area (Å²) in [7, 11) is -1.39. The molecule has 2 heterocycles. The maximum Gasteiger partial charge on any atom is 0.264 e. The minimum Gasteiger partial charge on any atom is -0.494 e. The van der Waals surface area contributed by atoms with Crippen molar-refractivity contribution < 1.29 is 22.3 Å². The first-order valence-electron chi connectivity index (χ1n) is 10.1. The van der Waals surface area contributed by atoms with Gasteiger partial charge in [0.1, 0.15) is 27.7 Å². The van der Waals surface area contributed by atoms with Crippen molar-refractivity contribution in [3.05, 3.63) is 59.7 Å². The van der Waals surface area contributed by atoms with Crippen LogP contribution in [0.5, 0.6) is 11.6 Å². The lowest BCUT2D eigenvalue weighted by Crippen LogP contribution is -2.15. The van der Waals surface area contributed by atoms with E-state index in [1.54, 1.807) is 26.0 Å². The van der Waals surface area contributed by atoms with E-state index in [0.717, 1.165) is 6.07 Å². The molecule has 9 nitrogen and oxygen atoms in total. The van der Waals surface area contributed by atoms with Crippen LogP contribution in [0.1, 0.15) is 11.3 Å². The van der Waals surface area contributed by atoms with Crippen LogP contribution in [0.25, 0.3) is 22.0 Å². The third kappa shape index (κ3) is 4.29. The largest absolute Gasteiger partial charge is 0.494 e. The molecular weight excluding hydrogens is 461 g/mol. The summed E-state index contributed by atoms with van der Waals surface area (Å²) in [6.45, 7) is 3.47. The maximum atomic E-state index is 14.4. The van der Waals surface area contributed by atoms with Gasteiger partial charge in [0.15, 0.2) is 0 Å². The number of fused-ring (bicyclic) bond motifs is 1. The molecule has 0 aliphatic carbocycles. The number of nitrogens with one attached hydrogen (secondary N) is 1. The number of sulfonamides is 1. The topological polar surface area (TPSA) is 129 Å². The van der Waals surface area contributed by atoms with Crippen LogP contribution in [-0.2, 0) is 10.0 Å². The second-order valence-corrected chi connectivity index (χ2v) is 9.21. The molecule has 0 aliphatic heterocycles. The number of ether oxygens (including phenoxy) is 2. The quantitative estimate of drug-likeness (QED) is 0.423. The summed E-state index contributed by atoms with van der Waals surface area (Å²) in [5.41, 5.74) is 8.85. The number of aryl methyl sites for hydroxylation is 2. The zero-order valence-corrected chi connectivity index (χ0v) is 19.7. The molecule has 34 heavy (non-hydrogen) atoms. The Morgan fingerprint density at radius 1 is 1.00 bits per heavy atom. The Labute approximate surface area is 195 Å². The number of hydrogen-bond donors (Lipinski definition) is 2. The van der Waals surface area contributed by atoms with Crippen LogP contribution >= 0.6 is 0 Å². The highest BCUT2D eigenvalue weighted by Crippen LogP contribution is 2.36. The highest BCUT2D eigenvalue weighted by atomic mass is 32.2. The van der Waals surface area contributed by atoms with Gasteiger partial charge in [0.05, 0.1) is 19.9 Å². The van der Waals surface area contributed by atoms with Crippen LogP contribution in [0.4, 0.5) is 16.0 Å². The Bertz CT molecular complexity index is 1530. The molecule has 3 N–H and O–H groups in total. The molecule has 0 atom stereocenters. The number of methoxy groups -OCH3 is 2. The number of nitrogens with zero attached hydrogens (tertiary/aromatic N) is 3. The highest BCUT2D eigenvalue weighted by Gasteiger charge is 2.22. The first kappa shape index (κ1) is 23.2. The number of nitrogens with two attached hydrogens (primary N) is 1. The van der Waals surface area contributed by atoms with Crippen molar-refractivity contribution in [3.8, 4) is 22.8 Å². The van der Waals surface area contributed by atoms with Gasteiger partial charge in [-0.25, -0.2) is 27.8 Å². The van der Waals surface area contributed by atoms with E-state index in [1.807, 2.05) is 6.07 Å². The van der Waals surface area contributed by atoms with Crippen LogP contribution in [-0.4, -0.2) is 37.6 Å². The highest BCUT2D eigenvalue weighted by molar-refractivity contribution is 7.92. The SMILES string of the molecule is COc1ncc(-c2cc(OC)c3nc(N)nc(C)c3c2)cc1NS(=O)(=O)c1ccc(C)cc1F. The molecule has 0 spiro atoms. The van der Waals surface area contributed by atoms with E-state index in [1.165, 1.54) is 32.5 Å². The minimum atomic E-state index is -4.25. The fourth-order valence-corrected chi connectivity index (χ4v) is 4.67. The van der Waals surface area contributed by atoms with Gasteiger partial charge in [0, 0.05) is 17.1 Å². The molecule has 4 aromatic rings. The summed E-state index contributed by atoms with van der Waals surface area (Å²) in [5, 5.41) is 0.711. The van der Waals surface area contributed by atoms with Crippen LogP contribution < -0.4 is 19.9 Å². The predicted octanol–water partition coefficient (Wildman–Crippen LogP) is 3.85. The summed E-state index contributed by atoms with van der Waals surface area (Å²) in [6.07, 6.45) is 1.52. The van der Waals surface area contributed by atoms with Crippen LogP contribution in [0.3, 0.4) is 0 Å². The summed E-state index contributed by atoms with van der Waals surface area (Å²) in [6, 6.07) is 8.98. The van der Waals surface area contributed by atoms with Crippen LogP contribution in [0, 0.1) is 19.7 Å². The number of aromatic nitrogens is 3. The number of nitrogen functional groups attached to an aromatic ring is 1. The van der Waals surface area contributed by atoms with Crippen molar-refractivity contribution in [3.63, 3.8) is 0 Å².